The average Bonchev–Trinajstić information content (AvgIpc) is 2.73. The summed E-state index contributed by atoms with van der Waals surface area (Å²) in [5, 5.41) is 20.1. The quantitative estimate of drug-likeness (QED) is 0.248. The van der Waals surface area contributed by atoms with E-state index in [1.165, 1.54) is 26.0 Å². The molecule has 0 amide bonds. The smallest absolute Gasteiger partial charge is 0.337 e. The van der Waals surface area contributed by atoms with E-state index < -0.39 is 0 Å². The number of esters is 2. The molecule has 0 aromatic heterocycles. The first kappa shape index (κ1) is 29.1. The molecule has 8 heteroatoms. The van der Waals surface area contributed by atoms with Gasteiger partial charge >= 0.3 is 11.9 Å². The number of ether oxygens (including phenoxy) is 2. The lowest BCUT2D eigenvalue weighted by Gasteiger charge is -2.22. The molecule has 0 saturated heterocycles. The average molecular weight is 589 g/mol. The fourth-order valence-corrected chi connectivity index (χ4v) is 4.15. The molecule has 0 heterocycles. The topological polar surface area (TPSA) is 93.1 Å². The standard InChI is InChI=1S/C13H18O3S.C12H15IO3/c1-13(2,3)9-6-8(12(15)16-4)7-10(17-5)11(9)14;1-12(2,3)8-5-7(11(15)16-4)6-9(13)10(8)14/h6-7,14H,1-5H3;5-6,14H,1-4H3. The molecule has 2 N–H and O–H groups in total. The van der Waals surface area contributed by atoms with Crippen molar-refractivity contribution in [1.29, 1.82) is 0 Å². The Bertz CT molecular complexity index is 1020. The fourth-order valence-electron chi connectivity index (χ4n) is 2.98. The minimum Gasteiger partial charge on any atom is -0.507 e. The summed E-state index contributed by atoms with van der Waals surface area (Å²) < 4.78 is 10.0. The highest BCUT2D eigenvalue weighted by Crippen LogP contribution is 2.38. The normalized spacial score (nSPS) is 11.3. The van der Waals surface area contributed by atoms with Crippen molar-refractivity contribution in [3.8, 4) is 11.5 Å². The first-order valence-electron chi connectivity index (χ1n) is 10.2. The minimum absolute atomic E-state index is 0.214. The van der Waals surface area contributed by atoms with E-state index in [-0.39, 0.29) is 34.3 Å². The number of phenols is 2. The molecule has 6 nitrogen and oxygen atoms in total. The van der Waals surface area contributed by atoms with Gasteiger partial charge in [-0.1, -0.05) is 41.5 Å². The number of methoxy groups -OCH3 is 2. The van der Waals surface area contributed by atoms with Gasteiger partial charge in [-0.3, -0.25) is 0 Å². The second kappa shape index (κ2) is 11.5. The van der Waals surface area contributed by atoms with Gasteiger partial charge in [0.05, 0.1) is 28.9 Å². The number of carbonyl (C=O) groups excluding carboxylic acids is 2. The van der Waals surface area contributed by atoms with Gasteiger partial charge in [-0.15, -0.1) is 11.8 Å². The van der Waals surface area contributed by atoms with Crippen molar-refractivity contribution in [3.63, 3.8) is 0 Å². The Labute approximate surface area is 214 Å². The third kappa shape index (κ3) is 7.53. The molecule has 2 rings (SSSR count). The van der Waals surface area contributed by atoms with Gasteiger partial charge in [0.15, 0.2) is 0 Å². The van der Waals surface area contributed by atoms with Crippen LogP contribution in [0, 0.1) is 3.57 Å². The van der Waals surface area contributed by atoms with Gasteiger partial charge < -0.3 is 19.7 Å². The molecule has 0 saturated carbocycles. The van der Waals surface area contributed by atoms with E-state index in [1.807, 2.05) is 70.4 Å². The zero-order chi connectivity index (χ0) is 25.7. The summed E-state index contributed by atoms with van der Waals surface area (Å²) in [6, 6.07) is 6.66. The van der Waals surface area contributed by atoms with Crippen molar-refractivity contribution in [2.45, 2.75) is 57.3 Å². The van der Waals surface area contributed by atoms with E-state index in [0.29, 0.717) is 19.6 Å². The molecule has 0 radical (unpaired) electrons. The van der Waals surface area contributed by atoms with Crippen LogP contribution in [0.1, 0.15) is 73.4 Å². The number of phenolic OH excluding ortho intramolecular Hbond substituents is 2. The maximum absolute atomic E-state index is 11.6. The van der Waals surface area contributed by atoms with Crippen molar-refractivity contribution in [1.82, 2.24) is 0 Å². The second-order valence-corrected chi connectivity index (χ2v) is 11.4. The molecule has 33 heavy (non-hydrogen) atoms. The number of carbonyl (C=O) groups is 2. The van der Waals surface area contributed by atoms with Crippen LogP contribution in [-0.2, 0) is 20.3 Å². The molecule has 0 aliphatic heterocycles. The van der Waals surface area contributed by atoms with Crippen LogP contribution in [0.2, 0.25) is 0 Å². The Morgan fingerprint density at radius 3 is 1.55 bits per heavy atom. The number of benzene rings is 2. The summed E-state index contributed by atoms with van der Waals surface area (Å²) >= 11 is 3.42. The minimum atomic E-state index is -0.386. The maximum atomic E-state index is 11.6. The summed E-state index contributed by atoms with van der Waals surface area (Å²) in [6.07, 6.45) is 1.86. The zero-order valence-corrected chi connectivity index (χ0v) is 23.6. The van der Waals surface area contributed by atoms with Gasteiger partial charge in [-0.05, 0) is 63.9 Å². The van der Waals surface area contributed by atoms with Crippen LogP contribution < -0.4 is 0 Å². The van der Waals surface area contributed by atoms with Crippen LogP contribution in [-0.4, -0.2) is 42.6 Å². The Morgan fingerprint density at radius 1 is 0.788 bits per heavy atom. The molecular weight excluding hydrogens is 555 g/mol. The third-order valence-electron chi connectivity index (χ3n) is 4.82. The van der Waals surface area contributed by atoms with E-state index in [1.54, 1.807) is 24.3 Å². The van der Waals surface area contributed by atoms with Crippen LogP contribution in [0.5, 0.6) is 11.5 Å². The third-order valence-corrected chi connectivity index (χ3v) is 6.39. The van der Waals surface area contributed by atoms with Gasteiger partial charge in [-0.2, -0.15) is 0 Å². The molecule has 0 bridgehead atoms. The molecule has 0 aliphatic rings. The lowest BCUT2D eigenvalue weighted by molar-refractivity contribution is 0.0591. The van der Waals surface area contributed by atoms with Crippen molar-refractivity contribution in [2.24, 2.45) is 0 Å². The highest BCUT2D eigenvalue weighted by Gasteiger charge is 2.24. The number of rotatable bonds is 3. The van der Waals surface area contributed by atoms with Gasteiger partial charge in [0.2, 0.25) is 0 Å². The van der Waals surface area contributed by atoms with Gasteiger partial charge in [-0.25, -0.2) is 9.59 Å². The molecule has 0 atom stereocenters. The highest BCUT2D eigenvalue weighted by atomic mass is 127. The molecule has 182 valence electrons. The van der Waals surface area contributed by atoms with Crippen LogP contribution in [0.4, 0.5) is 0 Å². The lowest BCUT2D eigenvalue weighted by Crippen LogP contribution is -2.14. The molecular formula is C25H33IO6S. The summed E-state index contributed by atoms with van der Waals surface area (Å²) in [4.78, 5) is 23.7. The van der Waals surface area contributed by atoms with E-state index in [4.69, 9.17) is 4.74 Å². The van der Waals surface area contributed by atoms with E-state index in [2.05, 4.69) is 4.74 Å². The van der Waals surface area contributed by atoms with E-state index >= 15 is 0 Å². The van der Waals surface area contributed by atoms with E-state index in [0.717, 1.165) is 11.1 Å². The number of hydrogen-bond acceptors (Lipinski definition) is 7. The summed E-state index contributed by atoms with van der Waals surface area (Å²) in [5.41, 5.74) is 2.01. The number of aromatic hydroxyl groups is 2. The Balaban J connectivity index is 0.000000331. The molecule has 0 aliphatic carbocycles. The number of thioether (sulfide) groups is 1. The van der Waals surface area contributed by atoms with E-state index in [9.17, 15) is 19.8 Å². The van der Waals surface area contributed by atoms with Gasteiger partial charge in [0.1, 0.15) is 11.5 Å². The van der Waals surface area contributed by atoms with Crippen molar-refractivity contribution < 1.29 is 29.3 Å². The largest absolute Gasteiger partial charge is 0.507 e. The Morgan fingerprint density at radius 2 is 1.18 bits per heavy atom. The second-order valence-electron chi connectivity index (χ2n) is 9.41. The van der Waals surface area contributed by atoms with Gasteiger partial charge in [0, 0.05) is 16.0 Å². The first-order chi connectivity index (χ1) is 15.1. The first-order valence-corrected chi connectivity index (χ1v) is 12.5. The highest BCUT2D eigenvalue weighted by molar-refractivity contribution is 14.1. The molecule has 0 fully saturated rings. The summed E-state index contributed by atoms with van der Waals surface area (Å²) in [5.74, 6) is -0.285. The monoisotopic (exact) mass is 588 g/mol. The van der Waals surface area contributed by atoms with Crippen LogP contribution in [0.25, 0.3) is 0 Å². The van der Waals surface area contributed by atoms with Crippen LogP contribution in [0.15, 0.2) is 29.2 Å². The lowest BCUT2D eigenvalue weighted by atomic mass is 9.85. The SMILES string of the molecule is COC(=O)c1cc(I)c(O)c(C(C)(C)C)c1.COC(=O)c1cc(SC)c(O)c(C(C)(C)C)c1. The van der Waals surface area contributed by atoms with Gasteiger partial charge in [0.25, 0.3) is 0 Å². The van der Waals surface area contributed by atoms with Crippen molar-refractivity contribution in [2.75, 3.05) is 20.5 Å². The number of hydrogen-bond donors (Lipinski definition) is 2. The molecule has 2 aromatic carbocycles. The Kier molecular flexibility index (Phi) is 10.1. The molecule has 0 spiro atoms. The predicted molar refractivity (Wildman–Crippen MR) is 141 cm³/mol. The molecule has 2 aromatic rings. The molecule has 0 unspecified atom stereocenters. The predicted octanol–water partition coefficient (Wildman–Crippen LogP) is 6.28. The summed E-state index contributed by atoms with van der Waals surface area (Å²) in [7, 11) is 2.70. The van der Waals surface area contributed by atoms with Crippen molar-refractivity contribution in [3.05, 3.63) is 50.1 Å². The Hall–Kier alpha value is -1.94. The van der Waals surface area contributed by atoms with Crippen molar-refractivity contribution >= 4 is 46.3 Å². The maximum Gasteiger partial charge on any atom is 0.337 e. The summed E-state index contributed by atoms with van der Waals surface area (Å²) in [6.45, 7) is 11.9. The fraction of sp³-hybridized carbons (Fsp3) is 0.440. The number of halogens is 1. The van der Waals surface area contributed by atoms with Crippen LogP contribution in [0.3, 0.4) is 0 Å². The zero-order valence-electron chi connectivity index (χ0n) is 20.6. The van der Waals surface area contributed by atoms with Crippen LogP contribution >= 0.6 is 34.4 Å².